The molecule has 0 saturated carbocycles. The van der Waals surface area contributed by atoms with Crippen LogP contribution < -0.4 is 4.74 Å². The second-order valence-corrected chi connectivity index (χ2v) is 10.5. The molecule has 1 aliphatic heterocycles. The topological polar surface area (TPSA) is 9.23 Å². The van der Waals surface area contributed by atoms with Crippen LogP contribution in [0.4, 0.5) is 13.2 Å². The van der Waals surface area contributed by atoms with Crippen LogP contribution in [0.3, 0.4) is 0 Å². The Morgan fingerprint density at radius 1 is 1.00 bits per heavy atom. The molecule has 0 aromatic heterocycles. The van der Waals surface area contributed by atoms with Crippen molar-refractivity contribution >= 4 is 8.80 Å². The number of hydrogen-bond acceptors (Lipinski definition) is 1. The molecule has 0 bridgehead atoms. The van der Waals surface area contributed by atoms with Crippen LogP contribution in [-0.4, -0.2) is 15.2 Å². The van der Waals surface area contributed by atoms with Crippen molar-refractivity contribution < 1.29 is 17.9 Å². The quantitative estimate of drug-likeness (QED) is 0.373. The summed E-state index contributed by atoms with van der Waals surface area (Å²) in [6, 6.07) is 10.8. The first kappa shape index (κ1) is 19.4. The number of halogens is 3. The van der Waals surface area contributed by atoms with Crippen molar-refractivity contribution in [3.05, 3.63) is 29.8 Å². The predicted octanol–water partition coefficient (Wildman–Crippen LogP) is 6.66. The molecule has 0 unspecified atom stereocenters. The lowest BCUT2D eigenvalue weighted by atomic mass is 9.93. The summed E-state index contributed by atoms with van der Waals surface area (Å²) < 4.78 is 40.5. The van der Waals surface area contributed by atoms with E-state index < -0.39 is 15.2 Å². The third-order valence-electron chi connectivity index (χ3n) is 5.15. The average molecular weight is 359 g/mol. The van der Waals surface area contributed by atoms with Gasteiger partial charge in [-0.3, -0.25) is 0 Å². The van der Waals surface area contributed by atoms with E-state index in [1.54, 1.807) is 12.1 Å². The molecular formula is C19H29F3OSi. The summed E-state index contributed by atoms with van der Waals surface area (Å²) >= 11 is 0. The van der Waals surface area contributed by atoms with Crippen LogP contribution in [0.2, 0.25) is 18.1 Å². The van der Waals surface area contributed by atoms with Gasteiger partial charge in [0.15, 0.2) is 0 Å². The highest BCUT2D eigenvalue weighted by atomic mass is 28.3. The maximum absolute atomic E-state index is 12.2. The molecule has 1 nitrogen and oxygen atoms in total. The Labute approximate surface area is 145 Å². The molecule has 0 amide bonds. The zero-order valence-corrected chi connectivity index (χ0v) is 15.7. The molecule has 0 N–H and O–H groups in total. The summed E-state index contributed by atoms with van der Waals surface area (Å²) in [4.78, 5) is 0. The lowest BCUT2D eigenvalue weighted by Gasteiger charge is -2.28. The fraction of sp³-hybridized carbons (Fsp3) is 0.684. The van der Waals surface area contributed by atoms with Crippen LogP contribution in [0.15, 0.2) is 24.3 Å². The van der Waals surface area contributed by atoms with Crippen molar-refractivity contribution in [3.63, 3.8) is 0 Å². The van der Waals surface area contributed by atoms with Crippen molar-refractivity contribution in [2.45, 2.75) is 82.3 Å². The second kappa shape index (κ2) is 9.49. The first-order chi connectivity index (χ1) is 11.5. The number of unbranched alkanes of at least 4 members (excludes halogenated alkanes) is 4. The summed E-state index contributed by atoms with van der Waals surface area (Å²) in [6.45, 7) is 2.25. The molecule has 0 aliphatic carbocycles. The first-order valence-electron chi connectivity index (χ1n) is 9.33. The molecular weight excluding hydrogens is 329 g/mol. The van der Waals surface area contributed by atoms with Gasteiger partial charge >= 0.3 is 6.36 Å². The maximum Gasteiger partial charge on any atom is 0.573 e. The van der Waals surface area contributed by atoms with E-state index in [-0.39, 0.29) is 5.75 Å². The Morgan fingerprint density at radius 2 is 1.62 bits per heavy atom. The standard InChI is InChI=1S/C19H29F3OSi/c1-2-3-4-5-6-13-24-14-11-17(12-15-24)16-7-9-18(10-8-16)23-19(20,21)22/h7-10,17,24H,2-6,11-15H2,1H3/t17-,24-. The number of hydrogen-bond donors (Lipinski definition) is 0. The first-order valence-corrected chi connectivity index (χ1v) is 11.8. The van der Waals surface area contributed by atoms with Crippen molar-refractivity contribution in [2.24, 2.45) is 0 Å². The van der Waals surface area contributed by atoms with Gasteiger partial charge in [0.2, 0.25) is 0 Å². The lowest BCUT2D eigenvalue weighted by molar-refractivity contribution is -0.274. The van der Waals surface area contributed by atoms with Crippen LogP contribution in [-0.2, 0) is 0 Å². The van der Waals surface area contributed by atoms with E-state index >= 15 is 0 Å². The van der Waals surface area contributed by atoms with E-state index in [0.717, 1.165) is 0 Å². The molecule has 2 rings (SSSR count). The van der Waals surface area contributed by atoms with Gasteiger partial charge in [-0.25, -0.2) is 0 Å². The molecule has 136 valence electrons. The van der Waals surface area contributed by atoms with Gasteiger partial charge in [0.05, 0.1) is 0 Å². The van der Waals surface area contributed by atoms with E-state index in [2.05, 4.69) is 11.7 Å². The van der Waals surface area contributed by atoms with Crippen LogP contribution in [0.25, 0.3) is 0 Å². The van der Waals surface area contributed by atoms with Gasteiger partial charge in [0.25, 0.3) is 0 Å². The van der Waals surface area contributed by atoms with Crippen molar-refractivity contribution in [3.8, 4) is 5.75 Å². The highest BCUT2D eigenvalue weighted by Crippen LogP contribution is 2.36. The largest absolute Gasteiger partial charge is 0.573 e. The third-order valence-corrected chi connectivity index (χ3v) is 8.67. The van der Waals surface area contributed by atoms with Crippen molar-refractivity contribution in [1.82, 2.24) is 0 Å². The molecule has 0 atom stereocenters. The van der Waals surface area contributed by atoms with Gasteiger partial charge in [0, 0.05) is 8.80 Å². The van der Waals surface area contributed by atoms with Gasteiger partial charge in [-0.1, -0.05) is 69.3 Å². The minimum Gasteiger partial charge on any atom is -0.406 e. The van der Waals surface area contributed by atoms with Gasteiger partial charge < -0.3 is 4.74 Å². The molecule has 0 spiro atoms. The molecule has 1 saturated heterocycles. The zero-order valence-electron chi connectivity index (χ0n) is 14.6. The fourth-order valence-electron chi connectivity index (χ4n) is 3.76. The number of rotatable bonds is 8. The van der Waals surface area contributed by atoms with Crippen molar-refractivity contribution in [2.75, 3.05) is 0 Å². The summed E-state index contributed by atoms with van der Waals surface area (Å²) in [5.74, 6) is 0.398. The van der Waals surface area contributed by atoms with E-state index in [1.165, 1.54) is 80.8 Å². The zero-order chi connectivity index (χ0) is 17.4. The Bertz CT molecular complexity index is 464. The molecule has 1 heterocycles. The Morgan fingerprint density at radius 3 is 2.21 bits per heavy atom. The van der Waals surface area contributed by atoms with Crippen LogP contribution in [0.5, 0.6) is 5.75 Å². The number of ether oxygens (including phenoxy) is 1. The van der Waals surface area contributed by atoms with E-state index in [1.807, 2.05) is 0 Å². The van der Waals surface area contributed by atoms with Gasteiger partial charge in [-0.05, 0) is 36.5 Å². The minimum absolute atomic E-state index is 0.124. The summed E-state index contributed by atoms with van der Waals surface area (Å²) in [6.07, 6.45) is 4.66. The van der Waals surface area contributed by atoms with E-state index in [9.17, 15) is 13.2 Å². The summed E-state index contributed by atoms with van der Waals surface area (Å²) in [5.41, 5.74) is 1.17. The molecule has 5 heteroatoms. The van der Waals surface area contributed by atoms with Crippen molar-refractivity contribution in [1.29, 1.82) is 0 Å². The van der Waals surface area contributed by atoms with Gasteiger partial charge in [-0.15, -0.1) is 13.2 Å². The van der Waals surface area contributed by atoms with Crippen LogP contribution in [0.1, 0.15) is 63.4 Å². The van der Waals surface area contributed by atoms with Crippen LogP contribution >= 0.6 is 0 Å². The van der Waals surface area contributed by atoms with E-state index in [0.29, 0.717) is 5.92 Å². The van der Waals surface area contributed by atoms with E-state index in [4.69, 9.17) is 0 Å². The molecule has 24 heavy (non-hydrogen) atoms. The molecule has 1 aliphatic rings. The smallest absolute Gasteiger partial charge is 0.406 e. The third kappa shape index (κ3) is 6.87. The summed E-state index contributed by atoms with van der Waals surface area (Å²) in [5, 5.41) is 0. The SMILES string of the molecule is CCCCCCC[Si@H]1CC[C@H](c2ccc(OC(F)(F)F)cc2)CC1. The highest BCUT2D eigenvalue weighted by molar-refractivity contribution is 6.59. The molecule has 0 radical (unpaired) electrons. The fourth-order valence-corrected chi connectivity index (χ4v) is 7.24. The summed E-state index contributed by atoms with van der Waals surface area (Å²) in [7, 11) is -0.552. The monoisotopic (exact) mass is 358 g/mol. The number of alkyl halides is 3. The minimum atomic E-state index is -4.61. The normalized spacial score (nSPS) is 21.7. The maximum atomic E-state index is 12.2. The lowest BCUT2D eigenvalue weighted by Crippen LogP contribution is -2.20. The number of benzene rings is 1. The molecule has 1 aromatic carbocycles. The van der Waals surface area contributed by atoms with Gasteiger partial charge in [-0.2, -0.15) is 0 Å². The van der Waals surface area contributed by atoms with Crippen LogP contribution in [0, 0.1) is 0 Å². The predicted molar refractivity (Wildman–Crippen MR) is 95.4 cm³/mol. The second-order valence-electron chi connectivity index (χ2n) is 7.04. The van der Waals surface area contributed by atoms with Gasteiger partial charge in [0.1, 0.15) is 5.75 Å². The Hall–Kier alpha value is -0.973. The highest BCUT2D eigenvalue weighted by Gasteiger charge is 2.31. The Balaban J connectivity index is 1.72. The average Bonchev–Trinajstić information content (AvgIpc) is 2.55. The Kier molecular flexibility index (Phi) is 7.66. The molecule has 1 aromatic rings. The molecule has 1 fully saturated rings.